The van der Waals surface area contributed by atoms with Crippen molar-refractivity contribution >= 4 is 0 Å². The van der Waals surface area contributed by atoms with Gasteiger partial charge in [-0.1, -0.05) is 6.42 Å². The van der Waals surface area contributed by atoms with Gasteiger partial charge >= 0.3 is 0 Å². The third kappa shape index (κ3) is 2.39. The molecule has 0 unspecified atom stereocenters. The van der Waals surface area contributed by atoms with Gasteiger partial charge in [-0.05, 0) is 31.9 Å². The van der Waals surface area contributed by atoms with Crippen LogP contribution in [0.25, 0.3) is 0 Å². The summed E-state index contributed by atoms with van der Waals surface area (Å²) in [5.41, 5.74) is 1.15. The molecule has 5 heteroatoms. The molecule has 5 nitrogen and oxygen atoms in total. The molecule has 116 valence electrons. The topological polar surface area (TPSA) is 43.2 Å². The van der Waals surface area contributed by atoms with Crippen molar-refractivity contribution in [2.75, 3.05) is 6.54 Å². The Morgan fingerprint density at radius 3 is 2.91 bits per heavy atom. The maximum Gasteiger partial charge on any atom is 0.138 e. The summed E-state index contributed by atoms with van der Waals surface area (Å²) in [6.45, 7) is 4.97. The van der Waals surface area contributed by atoms with E-state index in [4.69, 9.17) is 4.74 Å². The number of imidazole rings is 1. The van der Waals surface area contributed by atoms with Crippen LogP contribution in [0.1, 0.15) is 43.7 Å². The van der Waals surface area contributed by atoms with Crippen LogP contribution in [0, 0.1) is 0 Å². The van der Waals surface area contributed by atoms with E-state index in [1.165, 1.54) is 25.1 Å². The molecular formula is C17H22N4O. The van der Waals surface area contributed by atoms with Gasteiger partial charge in [0.2, 0.25) is 0 Å². The number of fused-ring (bicyclic) bond motifs is 1. The second-order valence-corrected chi connectivity index (χ2v) is 6.24. The summed E-state index contributed by atoms with van der Waals surface area (Å²) in [6, 6.07) is 5.00. The monoisotopic (exact) mass is 298 g/mol. The summed E-state index contributed by atoms with van der Waals surface area (Å²) in [5, 5.41) is 0. The molecule has 1 saturated carbocycles. The highest BCUT2D eigenvalue weighted by molar-refractivity contribution is 5.17. The van der Waals surface area contributed by atoms with E-state index in [0.29, 0.717) is 12.6 Å². The van der Waals surface area contributed by atoms with Crippen LogP contribution >= 0.6 is 0 Å². The minimum atomic E-state index is 0.409. The molecule has 1 atom stereocenters. The molecule has 2 aromatic heterocycles. The molecule has 22 heavy (non-hydrogen) atoms. The van der Waals surface area contributed by atoms with Crippen molar-refractivity contribution in [3.05, 3.63) is 42.2 Å². The summed E-state index contributed by atoms with van der Waals surface area (Å²) in [6.07, 6.45) is 9.54. The van der Waals surface area contributed by atoms with Crippen LogP contribution in [0.5, 0.6) is 5.75 Å². The maximum atomic E-state index is 5.82. The zero-order chi connectivity index (χ0) is 14.9. The standard InChI is InChI=1S/C17H22N4O/c1-13-17-19-10-15(12-22-16-6-3-7-18-11-16)21(17)9-8-20(13)14-4-2-5-14/h3,6-7,10-11,13-14H,2,4-5,8-9,12H2,1H3/t13-/m1/s1. The van der Waals surface area contributed by atoms with Crippen LogP contribution in [0.15, 0.2) is 30.7 Å². The molecule has 0 saturated heterocycles. The molecule has 1 aliphatic heterocycles. The lowest BCUT2D eigenvalue weighted by atomic mass is 9.90. The first-order chi connectivity index (χ1) is 10.8. The summed E-state index contributed by atoms with van der Waals surface area (Å²) in [4.78, 5) is 11.4. The quantitative estimate of drug-likeness (QED) is 0.870. The average molecular weight is 298 g/mol. The van der Waals surface area contributed by atoms with E-state index in [-0.39, 0.29) is 0 Å². The second kappa shape index (κ2) is 5.72. The Morgan fingerprint density at radius 2 is 2.18 bits per heavy atom. The van der Waals surface area contributed by atoms with Crippen molar-refractivity contribution in [2.45, 2.75) is 51.4 Å². The fourth-order valence-electron chi connectivity index (χ4n) is 3.50. The number of hydrogen-bond acceptors (Lipinski definition) is 4. The largest absolute Gasteiger partial charge is 0.486 e. The summed E-state index contributed by atoms with van der Waals surface area (Å²) in [7, 11) is 0. The molecule has 0 aromatic carbocycles. The highest BCUT2D eigenvalue weighted by Crippen LogP contribution is 2.34. The Hall–Kier alpha value is -1.88. The number of nitrogens with zero attached hydrogens (tertiary/aromatic N) is 4. The lowest BCUT2D eigenvalue weighted by Gasteiger charge is -2.43. The molecule has 0 bridgehead atoms. The van der Waals surface area contributed by atoms with E-state index in [0.717, 1.165) is 30.6 Å². The van der Waals surface area contributed by atoms with Crippen LogP contribution in [0.2, 0.25) is 0 Å². The van der Waals surface area contributed by atoms with E-state index in [9.17, 15) is 0 Å². The fourth-order valence-corrected chi connectivity index (χ4v) is 3.50. The Balaban J connectivity index is 1.48. The maximum absolute atomic E-state index is 5.82. The van der Waals surface area contributed by atoms with Gasteiger partial charge in [0.25, 0.3) is 0 Å². The van der Waals surface area contributed by atoms with Crippen LogP contribution in [0.3, 0.4) is 0 Å². The lowest BCUT2D eigenvalue weighted by Crippen LogP contribution is -2.47. The molecular weight excluding hydrogens is 276 g/mol. The highest BCUT2D eigenvalue weighted by Gasteiger charge is 2.34. The first kappa shape index (κ1) is 13.8. The zero-order valence-corrected chi connectivity index (χ0v) is 13.0. The van der Waals surface area contributed by atoms with Crippen molar-refractivity contribution < 1.29 is 4.74 Å². The van der Waals surface area contributed by atoms with Gasteiger partial charge < -0.3 is 9.30 Å². The first-order valence-electron chi connectivity index (χ1n) is 8.16. The molecule has 0 radical (unpaired) electrons. The third-order valence-electron chi connectivity index (χ3n) is 4.99. The fraction of sp³-hybridized carbons (Fsp3) is 0.529. The van der Waals surface area contributed by atoms with Gasteiger partial charge in [0.1, 0.15) is 18.2 Å². The Kier molecular flexibility index (Phi) is 3.58. The van der Waals surface area contributed by atoms with Gasteiger partial charge in [0.05, 0.1) is 24.1 Å². The van der Waals surface area contributed by atoms with Crippen molar-refractivity contribution in [1.82, 2.24) is 19.4 Å². The van der Waals surface area contributed by atoms with Gasteiger partial charge in [0, 0.05) is 25.3 Å². The molecule has 3 heterocycles. The zero-order valence-electron chi connectivity index (χ0n) is 13.0. The smallest absolute Gasteiger partial charge is 0.138 e. The normalized spacial score (nSPS) is 22.1. The van der Waals surface area contributed by atoms with Crippen LogP contribution < -0.4 is 4.74 Å². The van der Waals surface area contributed by atoms with Gasteiger partial charge in [-0.3, -0.25) is 9.88 Å². The highest BCUT2D eigenvalue weighted by atomic mass is 16.5. The van der Waals surface area contributed by atoms with E-state index in [1.54, 1.807) is 12.4 Å². The lowest BCUT2D eigenvalue weighted by molar-refractivity contribution is 0.0601. The van der Waals surface area contributed by atoms with Crippen molar-refractivity contribution in [3.63, 3.8) is 0 Å². The molecule has 0 N–H and O–H groups in total. The SMILES string of the molecule is C[C@@H]1c2ncc(COc3cccnc3)n2CCN1C1CCC1. The van der Waals surface area contributed by atoms with Crippen LogP contribution in [-0.4, -0.2) is 32.0 Å². The van der Waals surface area contributed by atoms with Gasteiger partial charge in [-0.2, -0.15) is 0 Å². The molecule has 2 aliphatic rings. The van der Waals surface area contributed by atoms with Gasteiger partial charge in [-0.15, -0.1) is 0 Å². The van der Waals surface area contributed by atoms with Crippen molar-refractivity contribution in [2.24, 2.45) is 0 Å². The van der Waals surface area contributed by atoms with Gasteiger partial charge in [0.15, 0.2) is 0 Å². The number of ether oxygens (including phenoxy) is 1. The van der Waals surface area contributed by atoms with Crippen LogP contribution in [0.4, 0.5) is 0 Å². The summed E-state index contributed by atoms with van der Waals surface area (Å²) < 4.78 is 8.15. The first-order valence-corrected chi connectivity index (χ1v) is 8.16. The number of aromatic nitrogens is 3. The minimum absolute atomic E-state index is 0.409. The number of hydrogen-bond donors (Lipinski definition) is 0. The van der Waals surface area contributed by atoms with E-state index >= 15 is 0 Å². The van der Waals surface area contributed by atoms with E-state index in [2.05, 4.69) is 26.4 Å². The molecule has 0 amide bonds. The van der Waals surface area contributed by atoms with E-state index in [1.807, 2.05) is 18.3 Å². The predicted octanol–water partition coefficient (Wildman–Crippen LogP) is 2.79. The van der Waals surface area contributed by atoms with Crippen molar-refractivity contribution in [1.29, 1.82) is 0 Å². The third-order valence-corrected chi connectivity index (χ3v) is 4.99. The molecule has 4 rings (SSSR count). The Morgan fingerprint density at radius 1 is 1.27 bits per heavy atom. The van der Waals surface area contributed by atoms with Crippen molar-refractivity contribution in [3.8, 4) is 5.75 Å². The Bertz CT molecular complexity index is 635. The molecule has 2 aromatic rings. The summed E-state index contributed by atoms with van der Waals surface area (Å²) >= 11 is 0. The predicted molar refractivity (Wildman–Crippen MR) is 83.6 cm³/mol. The van der Waals surface area contributed by atoms with Crippen LogP contribution in [-0.2, 0) is 13.2 Å². The molecule has 1 fully saturated rings. The molecule has 1 aliphatic carbocycles. The average Bonchev–Trinajstić information content (AvgIpc) is 2.91. The summed E-state index contributed by atoms with van der Waals surface area (Å²) in [5.74, 6) is 1.99. The van der Waals surface area contributed by atoms with Gasteiger partial charge in [-0.25, -0.2) is 4.98 Å². The minimum Gasteiger partial charge on any atom is -0.486 e. The van der Waals surface area contributed by atoms with E-state index < -0.39 is 0 Å². The second-order valence-electron chi connectivity index (χ2n) is 6.24. The number of rotatable bonds is 4. The molecule has 0 spiro atoms. The Labute approximate surface area is 130 Å². The number of pyridine rings is 1.